The van der Waals surface area contributed by atoms with Gasteiger partial charge in [-0.2, -0.15) is 0 Å². The van der Waals surface area contributed by atoms with Crippen LogP contribution in [0.2, 0.25) is 0 Å². The van der Waals surface area contributed by atoms with Gasteiger partial charge in [0.05, 0.1) is 17.9 Å². The van der Waals surface area contributed by atoms with E-state index in [1.165, 1.54) is 10.5 Å². The van der Waals surface area contributed by atoms with Crippen LogP contribution in [0, 0.1) is 0 Å². The highest BCUT2D eigenvalue weighted by molar-refractivity contribution is 5.94. The summed E-state index contributed by atoms with van der Waals surface area (Å²) in [6.45, 7) is 12.7. The number of esters is 1. The largest absolute Gasteiger partial charge is 0.449 e. The van der Waals surface area contributed by atoms with Gasteiger partial charge in [0.2, 0.25) is 0 Å². The molecule has 2 rings (SSSR count). The first kappa shape index (κ1) is 23.5. The van der Waals surface area contributed by atoms with Crippen molar-refractivity contribution in [1.82, 2.24) is 0 Å². The number of hydrogen-bond donors (Lipinski definition) is 0. The van der Waals surface area contributed by atoms with E-state index in [1.807, 2.05) is 31.2 Å². The van der Waals surface area contributed by atoms with Crippen LogP contribution in [-0.4, -0.2) is 25.2 Å². The van der Waals surface area contributed by atoms with Gasteiger partial charge >= 0.3 is 12.1 Å². The minimum atomic E-state index is -0.465. The number of rotatable bonds is 7. The molecule has 5 nitrogen and oxygen atoms in total. The molecule has 0 saturated heterocycles. The fourth-order valence-electron chi connectivity index (χ4n) is 3.14. The fourth-order valence-corrected chi connectivity index (χ4v) is 3.14. The Bertz CT molecular complexity index is 866. The van der Waals surface area contributed by atoms with E-state index < -0.39 is 12.1 Å². The topological polar surface area (TPSA) is 55.8 Å². The first-order valence-corrected chi connectivity index (χ1v) is 10.6. The SMILES string of the molecule is CCCc1ccc(C(=O)Oc2ccc(C(C)(C)C)cc2N(CC)C(=O)OCC)cc1. The number of carbonyl (C=O) groups is 2. The monoisotopic (exact) mass is 411 g/mol. The minimum Gasteiger partial charge on any atom is -0.449 e. The average Bonchev–Trinajstić information content (AvgIpc) is 2.70. The highest BCUT2D eigenvalue weighted by atomic mass is 16.6. The van der Waals surface area contributed by atoms with Crippen molar-refractivity contribution in [3.63, 3.8) is 0 Å². The molecule has 30 heavy (non-hydrogen) atoms. The van der Waals surface area contributed by atoms with Crippen LogP contribution in [0.15, 0.2) is 42.5 Å². The predicted octanol–water partition coefficient (Wildman–Crippen LogP) is 6.14. The lowest BCUT2D eigenvalue weighted by atomic mass is 9.86. The highest BCUT2D eigenvalue weighted by Gasteiger charge is 2.24. The van der Waals surface area contributed by atoms with Crippen LogP contribution < -0.4 is 9.64 Å². The lowest BCUT2D eigenvalue weighted by Gasteiger charge is -2.26. The van der Waals surface area contributed by atoms with Crippen molar-refractivity contribution >= 4 is 17.7 Å². The summed E-state index contributed by atoms with van der Waals surface area (Å²) in [6.07, 6.45) is 1.56. The van der Waals surface area contributed by atoms with E-state index in [0.29, 0.717) is 23.5 Å². The molecule has 162 valence electrons. The number of ether oxygens (including phenoxy) is 2. The molecular weight excluding hydrogens is 378 g/mol. The first-order valence-electron chi connectivity index (χ1n) is 10.6. The highest BCUT2D eigenvalue weighted by Crippen LogP contribution is 2.35. The zero-order valence-electron chi connectivity index (χ0n) is 19.0. The van der Waals surface area contributed by atoms with E-state index in [-0.39, 0.29) is 12.0 Å². The number of nitrogens with zero attached hydrogens (tertiary/aromatic N) is 1. The van der Waals surface area contributed by atoms with Gasteiger partial charge in [0, 0.05) is 6.54 Å². The van der Waals surface area contributed by atoms with Crippen LogP contribution in [0.5, 0.6) is 5.75 Å². The number of amides is 1. The van der Waals surface area contributed by atoms with Gasteiger partial charge in [-0.15, -0.1) is 0 Å². The second kappa shape index (κ2) is 10.3. The molecule has 0 N–H and O–H groups in total. The Balaban J connectivity index is 2.40. The number of hydrogen-bond acceptors (Lipinski definition) is 4. The summed E-state index contributed by atoms with van der Waals surface area (Å²) in [7, 11) is 0. The summed E-state index contributed by atoms with van der Waals surface area (Å²) in [5.41, 5.74) is 3.09. The smallest absolute Gasteiger partial charge is 0.414 e. The van der Waals surface area contributed by atoms with E-state index in [0.717, 1.165) is 18.4 Å². The van der Waals surface area contributed by atoms with Crippen molar-refractivity contribution in [3.05, 3.63) is 59.2 Å². The standard InChI is InChI=1S/C25H33NO4/c1-7-10-18-11-13-19(14-12-18)23(27)30-22-16-15-20(25(4,5)6)17-21(22)26(8-2)24(28)29-9-3/h11-17H,7-10H2,1-6H3. The van der Waals surface area contributed by atoms with Gasteiger partial charge in [0.25, 0.3) is 0 Å². The molecule has 1 amide bonds. The van der Waals surface area contributed by atoms with Crippen molar-refractivity contribution in [2.45, 2.75) is 59.8 Å². The van der Waals surface area contributed by atoms with Gasteiger partial charge in [-0.05, 0) is 61.1 Å². The van der Waals surface area contributed by atoms with E-state index >= 15 is 0 Å². The molecule has 0 spiro atoms. The third-order valence-electron chi connectivity index (χ3n) is 4.85. The number of benzene rings is 2. The number of carbonyl (C=O) groups excluding carboxylic acids is 2. The quantitative estimate of drug-likeness (QED) is 0.406. The van der Waals surface area contributed by atoms with E-state index in [4.69, 9.17) is 9.47 Å². The Kier molecular flexibility index (Phi) is 8.04. The second-order valence-electron chi connectivity index (χ2n) is 8.21. The van der Waals surface area contributed by atoms with Crippen LogP contribution in [0.4, 0.5) is 10.5 Å². The number of aryl methyl sites for hydroxylation is 1. The molecule has 0 bridgehead atoms. The molecule has 2 aromatic carbocycles. The first-order chi connectivity index (χ1) is 14.2. The summed E-state index contributed by atoms with van der Waals surface area (Å²) in [6, 6.07) is 13.0. The van der Waals surface area contributed by atoms with Gasteiger partial charge in [-0.25, -0.2) is 9.59 Å². The molecule has 0 radical (unpaired) electrons. The Morgan fingerprint density at radius 2 is 1.63 bits per heavy atom. The molecule has 0 fully saturated rings. The van der Waals surface area contributed by atoms with E-state index in [2.05, 4.69) is 27.7 Å². The van der Waals surface area contributed by atoms with Crippen LogP contribution in [0.25, 0.3) is 0 Å². The normalized spacial score (nSPS) is 11.1. The maximum Gasteiger partial charge on any atom is 0.414 e. The van der Waals surface area contributed by atoms with Crippen molar-refractivity contribution in [1.29, 1.82) is 0 Å². The maximum atomic E-state index is 12.8. The Labute approximate surface area is 180 Å². The molecule has 0 aliphatic carbocycles. The zero-order valence-corrected chi connectivity index (χ0v) is 19.0. The molecule has 0 aliphatic rings. The minimum absolute atomic E-state index is 0.125. The number of anilines is 1. The van der Waals surface area contributed by atoms with Crippen LogP contribution in [0.3, 0.4) is 0 Å². The summed E-state index contributed by atoms with van der Waals surface area (Å²) in [5, 5.41) is 0. The van der Waals surface area contributed by atoms with Gasteiger partial charge in [0.1, 0.15) is 0 Å². The van der Waals surface area contributed by atoms with Crippen LogP contribution in [-0.2, 0) is 16.6 Å². The lowest BCUT2D eigenvalue weighted by Crippen LogP contribution is -2.32. The molecule has 0 saturated carbocycles. The molecule has 5 heteroatoms. The third-order valence-corrected chi connectivity index (χ3v) is 4.85. The van der Waals surface area contributed by atoms with Crippen molar-refractivity contribution in [2.24, 2.45) is 0 Å². The molecule has 0 atom stereocenters. The molecule has 0 heterocycles. The average molecular weight is 412 g/mol. The van der Waals surface area contributed by atoms with Crippen molar-refractivity contribution in [2.75, 3.05) is 18.1 Å². The summed E-state index contributed by atoms with van der Waals surface area (Å²) < 4.78 is 10.9. The Morgan fingerprint density at radius 1 is 0.967 bits per heavy atom. The molecule has 0 unspecified atom stereocenters. The van der Waals surface area contributed by atoms with Gasteiger partial charge in [-0.3, -0.25) is 4.90 Å². The third kappa shape index (κ3) is 5.85. The Morgan fingerprint density at radius 3 is 2.17 bits per heavy atom. The second-order valence-corrected chi connectivity index (χ2v) is 8.21. The molecule has 2 aromatic rings. The Hall–Kier alpha value is -2.82. The zero-order chi connectivity index (χ0) is 22.3. The summed E-state index contributed by atoms with van der Waals surface area (Å²) >= 11 is 0. The van der Waals surface area contributed by atoms with Crippen LogP contribution in [0.1, 0.15) is 69.4 Å². The van der Waals surface area contributed by atoms with Gasteiger partial charge in [0.15, 0.2) is 5.75 Å². The molecular formula is C25H33NO4. The summed E-state index contributed by atoms with van der Waals surface area (Å²) in [5.74, 6) is -0.122. The molecule has 0 aliphatic heterocycles. The van der Waals surface area contributed by atoms with Crippen LogP contribution >= 0.6 is 0 Å². The predicted molar refractivity (Wildman–Crippen MR) is 121 cm³/mol. The van der Waals surface area contributed by atoms with Crippen molar-refractivity contribution < 1.29 is 19.1 Å². The molecule has 0 aromatic heterocycles. The van der Waals surface area contributed by atoms with E-state index in [1.54, 1.807) is 25.1 Å². The van der Waals surface area contributed by atoms with Gasteiger partial charge in [-0.1, -0.05) is 52.3 Å². The lowest BCUT2D eigenvalue weighted by molar-refractivity contribution is 0.0734. The van der Waals surface area contributed by atoms with Gasteiger partial charge < -0.3 is 9.47 Å². The van der Waals surface area contributed by atoms with E-state index in [9.17, 15) is 9.59 Å². The van der Waals surface area contributed by atoms with Crippen molar-refractivity contribution in [3.8, 4) is 5.75 Å². The summed E-state index contributed by atoms with van der Waals surface area (Å²) in [4.78, 5) is 26.8. The maximum absolute atomic E-state index is 12.8. The fraction of sp³-hybridized carbons (Fsp3) is 0.440.